The van der Waals surface area contributed by atoms with Gasteiger partial charge in [-0.15, -0.1) is 0 Å². The molecule has 0 saturated carbocycles. The van der Waals surface area contributed by atoms with Crippen molar-refractivity contribution in [3.8, 4) is 0 Å². The monoisotopic (exact) mass is 418 g/mol. The second-order valence-corrected chi connectivity index (χ2v) is 10.1. The van der Waals surface area contributed by atoms with E-state index in [4.69, 9.17) is 0 Å². The van der Waals surface area contributed by atoms with Crippen molar-refractivity contribution >= 4 is 21.6 Å². The predicted molar refractivity (Wildman–Crippen MR) is 124 cm³/mol. The third kappa shape index (κ3) is 8.95. The van der Waals surface area contributed by atoms with Crippen molar-refractivity contribution in [2.75, 3.05) is 24.6 Å². The Hall–Kier alpha value is -1.08. The average molecular weight is 419 g/mol. The van der Waals surface area contributed by atoms with Gasteiger partial charge in [0.05, 0.1) is 11.4 Å². The van der Waals surface area contributed by atoms with Crippen molar-refractivity contribution in [2.24, 2.45) is 0 Å². The molecule has 0 aliphatic heterocycles. The second-order valence-electron chi connectivity index (χ2n) is 7.41. The molecule has 6 heteroatoms. The molecule has 4 nitrogen and oxygen atoms in total. The molecule has 0 fully saturated rings. The third-order valence-electron chi connectivity index (χ3n) is 4.65. The summed E-state index contributed by atoms with van der Waals surface area (Å²) >= 11 is 0. The van der Waals surface area contributed by atoms with Gasteiger partial charge in [-0.2, -0.15) is 0 Å². The number of nitrogens with zero attached hydrogens (tertiary/aromatic N) is 4. The van der Waals surface area contributed by atoms with Crippen LogP contribution in [0, 0.1) is 0 Å². The summed E-state index contributed by atoms with van der Waals surface area (Å²) in [4.78, 5) is 13.9. The van der Waals surface area contributed by atoms with E-state index < -0.39 is 0 Å². The van der Waals surface area contributed by atoms with E-state index in [0.717, 1.165) is 49.1 Å². The Labute approximate surface area is 178 Å². The molecule has 2 aromatic rings. The van der Waals surface area contributed by atoms with Crippen molar-refractivity contribution in [3.05, 3.63) is 60.2 Å². The van der Waals surface area contributed by atoms with Crippen molar-refractivity contribution in [2.45, 2.75) is 52.9 Å². The van der Waals surface area contributed by atoms with E-state index in [-0.39, 0.29) is 0 Å². The van der Waals surface area contributed by atoms with Crippen LogP contribution in [0.2, 0.25) is 0 Å². The normalized spacial score (nSPS) is 11.9. The molecule has 0 unspecified atom stereocenters. The van der Waals surface area contributed by atoms with E-state index in [1.54, 1.807) is 0 Å². The maximum Gasteiger partial charge on any atom is 0.0544 e. The minimum atomic E-state index is 0.530. The highest BCUT2D eigenvalue weighted by Gasteiger charge is 2.12. The highest BCUT2D eigenvalue weighted by atomic mass is 33.1. The van der Waals surface area contributed by atoms with Crippen molar-refractivity contribution in [1.29, 1.82) is 0 Å². The topological polar surface area (TPSA) is 32.3 Å². The Balaban J connectivity index is 1.66. The lowest BCUT2D eigenvalue weighted by Crippen LogP contribution is -2.33. The first-order valence-electron chi connectivity index (χ1n) is 10.1. The lowest BCUT2D eigenvalue weighted by Gasteiger charge is -2.26. The average Bonchev–Trinajstić information content (AvgIpc) is 2.70. The van der Waals surface area contributed by atoms with Crippen LogP contribution >= 0.6 is 21.6 Å². The third-order valence-corrected chi connectivity index (χ3v) is 7.02. The smallest absolute Gasteiger partial charge is 0.0544 e. The Kier molecular flexibility index (Phi) is 10.9. The number of hydrogen-bond donors (Lipinski definition) is 0. The molecule has 154 valence electrons. The Morgan fingerprint density at radius 2 is 1.14 bits per heavy atom. The fourth-order valence-corrected chi connectivity index (χ4v) is 4.87. The van der Waals surface area contributed by atoms with E-state index >= 15 is 0 Å². The minimum Gasteiger partial charge on any atom is -0.294 e. The molecule has 0 spiro atoms. The van der Waals surface area contributed by atoms with Gasteiger partial charge in [0.2, 0.25) is 0 Å². The lowest BCUT2D eigenvalue weighted by atomic mass is 10.2. The Bertz CT molecular complexity index is 580. The zero-order chi connectivity index (χ0) is 20.2. The summed E-state index contributed by atoms with van der Waals surface area (Å²) in [6, 6.07) is 13.4. The van der Waals surface area contributed by atoms with Gasteiger partial charge >= 0.3 is 0 Å². The van der Waals surface area contributed by atoms with Crippen LogP contribution < -0.4 is 0 Å². The molecule has 0 aliphatic carbocycles. The van der Waals surface area contributed by atoms with Crippen LogP contribution in [0.5, 0.6) is 0 Å². The maximum atomic E-state index is 4.46. The maximum absolute atomic E-state index is 4.46. The predicted octanol–water partition coefficient (Wildman–Crippen LogP) is 4.98. The number of rotatable bonds is 13. The van der Waals surface area contributed by atoms with Gasteiger partial charge in [0.25, 0.3) is 0 Å². The van der Waals surface area contributed by atoms with E-state index in [0.29, 0.717) is 12.1 Å². The Morgan fingerprint density at radius 3 is 1.46 bits per heavy atom. The molecule has 2 heterocycles. The molecule has 0 N–H and O–H groups in total. The molecule has 0 aromatic carbocycles. The first kappa shape index (κ1) is 23.2. The number of hydrogen-bond acceptors (Lipinski definition) is 6. The van der Waals surface area contributed by atoms with Gasteiger partial charge in [-0.3, -0.25) is 19.8 Å². The van der Waals surface area contributed by atoms with E-state index in [2.05, 4.69) is 71.7 Å². The molecular formula is C22H34N4S2. The molecule has 0 saturated heterocycles. The molecule has 0 bridgehead atoms. The first-order valence-corrected chi connectivity index (χ1v) is 12.6. The summed E-state index contributed by atoms with van der Waals surface area (Å²) in [6.45, 7) is 13.1. The van der Waals surface area contributed by atoms with Gasteiger partial charge in [-0.05, 0) is 52.0 Å². The summed E-state index contributed by atoms with van der Waals surface area (Å²) < 4.78 is 0. The van der Waals surface area contributed by atoms with Crippen molar-refractivity contribution in [1.82, 2.24) is 19.8 Å². The quantitative estimate of drug-likeness (QED) is 0.337. The summed E-state index contributed by atoms with van der Waals surface area (Å²) in [5.74, 6) is 2.27. The van der Waals surface area contributed by atoms with Gasteiger partial charge < -0.3 is 0 Å². The van der Waals surface area contributed by atoms with Crippen LogP contribution in [0.1, 0.15) is 39.1 Å². The largest absolute Gasteiger partial charge is 0.294 e. The first-order chi connectivity index (χ1) is 13.6. The summed E-state index contributed by atoms with van der Waals surface area (Å²) in [5.41, 5.74) is 2.30. The molecule has 2 rings (SSSR count). The van der Waals surface area contributed by atoms with Gasteiger partial charge in [0, 0.05) is 62.2 Å². The van der Waals surface area contributed by atoms with E-state index in [1.165, 1.54) is 0 Å². The minimum absolute atomic E-state index is 0.530. The summed E-state index contributed by atoms with van der Waals surface area (Å²) in [7, 11) is 3.96. The second kappa shape index (κ2) is 13.2. The van der Waals surface area contributed by atoms with E-state index in [9.17, 15) is 0 Å². The molecule has 0 amide bonds. The molecule has 28 heavy (non-hydrogen) atoms. The van der Waals surface area contributed by atoms with Crippen LogP contribution in [-0.4, -0.2) is 56.4 Å². The molecule has 0 aliphatic rings. The lowest BCUT2D eigenvalue weighted by molar-refractivity contribution is 0.224. The Morgan fingerprint density at radius 1 is 0.714 bits per heavy atom. The van der Waals surface area contributed by atoms with Crippen LogP contribution in [0.15, 0.2) is 48.8 Å². The van der Waals surface area contributed by atoms with Gasteiger partial charge in [-0.1, -0.05) is 33.7 Å². The molecular weight excluding hydrogens is 384 g/mol. The van der Waals surface area contributed by atoms with E-state index in [1.807, 2.05) is 46.1 Å². The van der Waals surface area contributed by atoms with Crippen LogP contribution in [0.25, 0.3) is 0 Å². The fraction of sp³-hybridized carbons (Fsp3) is 0.545. The van der Waals surface area contributed by atoms with Crippen molar-refractivity contribution < 1.29 is 0 Å². The van der Waals surface area contributed by atoms with Crippen LogP contribution in [0.4, 0.5) is 0 Å². The SMILES string of the molecule is CC(C)N(CCSSCCN(Cc1ccccn1)C(C)C)Cc1ccccn1. The van der Waals surface area contributed by atoms with Gasteiger partial charge in [0.1, 0.15) is 0 Å². The fourth-order valence-electron chi connectivity index (χ4n) is 2.87. The molecule has 0 radical (unpaired) electrons. The van der Waals surface area contributed by atoms with Gasteiger partial charge in [-0.25, -0.2) is 0 Å². The molecule has 2 aromatic heterocycles. The van der Waals surface area contributed by atoms with Gasteiger partial charge in [0.15, 0.2) is 0 Å². The number of aromatic nitrogens is 2. The van der Waals surface area contributed by atoms with Crippen LogP contribution in [-0.2, 0) is 13.1 Å². The standard InChI is InChI=1S/C22H34N4S2/c1-19(2)25(17-21-9-5-7-11-23-21)13-15-27-28-16-14-26(20(3)4)18-22-10-6-8-12-24-22/h5-12,19-20H,13-18H2,1-4H3. The zero-order valence-electron chi connectivity index (χ0n) is 17.6. The highest BCUT2D eigenvalue weighted by molar-refractivity contribution is 8.76. The number of pyridine rings is 2. The zero-order valence-corrected chi connectivity index (χ0v) is 19.3. The highest BCUT2D eigenvalue weighted by Crippen LogP contribution is 2.22. The molecule has 0 atom stereocenters. The van der Waals surface area contributed by atoms with Crippen molar-refractivity contribution in [3.63, 3.8) is 0 Å². The summed E-state index contributed by atoms with van der Waals surface area (Å²) in [6.07, 6.45) is 3.76. The van der Waals surface area contributed by atoms with Crippen LogP contribution in [0.3, 0.4) is 0 Å². The summed E-state index contributed by atoms with van der Waals surface area (Å²) in [5, 5.41) is 0.